The molecule has 2 aromatic rings. The first-order chi connectivity index (χ1) is 9.42. The average molecular weight is 269 g/mol. The van der Waals surface area contributed by atoms with E-state index in [-0.39, 0.29) is 0 Å². The summed E-state index contributed by atoms with van der Waals surface area (Å²) in [6, 6.07) is 4.19. The largest absolute Gasteiger partial charge is 0.354 e. The van der Waals surface area contributed by atoms with Crippen LogP contribution in [0.25, 0.3) is 0 Å². The Hall–Kier alpha value is -2.35. The summed E-state index contributed by atoms with van der Waals surface area (Å²) in [4.78, 5) is 6.52. The molecule has 0 fully saturated rings. The van der Waals surface area contributed by atoms with Crippen LogP contribution in [0.3, 0.4) is 0 Å². The summed E-state index contributed by atoms with van der Waals surface area (Å²) in [7, 11) is 3.86. The fourth-order valence-corrected chi connectivity index (χ4v) is 2.37. The van der Waals surface area contributed by atoms with E-state index in [9.17, 15) is 5.26 Å². The van der Waals surface area contributed by atoms with Crippen LogP contribution in [0, 0.1) is 32.1 Å². The van der Waals surface area contributed by atoms with Crippen molar-refractivity contribution in [2.45, 2.75) is 27.3 Å². The van der Waals surface area contributed by atoms with E-state index in [1.807, 2.05) is 52.0 Å². The molecule has 0 saturated carbocycles. The van der Waals surface area contributed by atoms with Crippen LogP contribution in [0.1, 0.15) is 28.1 Å². The van der Waals surface area contributed by atoms with Gasteiger partial charge in [-0.25, -0.2) is 4.98 Å². The maximum Gasteiger partial charge on any atom is 0.147 e. The van der Waals surface area contributed by atoms with Crippen molar-refractivity contribution in [3.8, 4) is 6.07 Å². The van der Waals surface area contributed by atoms with Gasteiger partial charge in [0.2, 0.25) is 0 Å². The Labute approximate surface area is 119 Å². The Morgan fingerprint density at radius 2 is 2.05 bits per heavy atom. The lowest BCUT2D eigenvalue weighted by Crippen LogP contribution is -2.20. The zero-order valence-corrected chi connectivity index (χ0v) is 12.6. The molecular weight excluding hydrogens is 250 g/mol. The van der Waals surface area contributed by atoms with E-state index in [1.54, 1.807) is 4.68 Å². The summed E-state index contributed by atoms with van der Waals surface area (Å²) in [6.45, 7) is 6.56. The van der Waals surface area contributed by atoms with Crippen LogP contribution in [-0.2, 0) is 13.6 Å². The Balaban J connectivity index is 2.37. The van der Waals surface area contributed by atoms with E-state index in [2.05, 4.69) is 16.2 Å². The number of hydrogen-bond donors (Lipinski definition) is 0. The predicted molar refractivity (Wildman–Crippen MR) is 78.5 cm³/mol. The maximum atomic E-state index is 9.33. The molecule has 0 radical (unpaired) electrons. The third-order valence-electron chi connectivity index (χ3n) is 3.32. The highest BCUT2D eigenvalue weighted by Crippen LogP contribution is 2.22. The summed E-state index contributed by atoms with van der Waals surface area (Å²) >= 11 is 0. The van der Waals surface area contributed by atoms with Gasteiger partial charge < -0.3 is 4.90 Å². The van der Waals surface area contributed by atoms with Gasteiger partial charge in [0.1, 0.15) is 11.9 Å². The topological polar surface area (TPSA) is 57.7 Å². The Morgan fingerprint density at radius 1 is 1.35 bits per heavy atom. The normalized spacial score (nSPS) is 10.4. The van der Waals surface area contributed by atoms with Crippen LogP contribution in [0.2, 0.25) is 0 Å². The third-order valence-corrected chi connectivity index (χ3v) is 3.32. The van der Waals surface area contributed by atoms with E-state index in [0.29, 0.717) is 12.1 Å². The van der Waals surface area contributed by atoms with Crippen molar-refractivity contribution < 1.29 is 0 Å². The molecule has 5 heteroatoms. The molecule has 0 aliphatic carbocycles. The zero-order chi connectivity index (χ0) is 14.9. The molecule has 0 N–H and O–H groups in total. The molecule has 0 spiro atoms. The second kappa shape index (κ2) is 5.33. The Kier molecular flexibility index (Phi) is 3.75. The molecule has 0 amide bonds. The van der Waals surface area contributed by atoms with Gasteiger partial charge in [-0.1, -0.05) is 0 Å². The molecule has 0 aliphatic heterocycles. The maximum absolute atomic E-state index is 9.33. The lowest BCUT2D eigenvalue weighted by molar-refractivity contribution is 0.756. The number of pyridine rings is 1. The molecule has 0 aliphatic rings. The number of aromatic nitrogens is 3. The van der Waals surface area contributed by atoms with Crippen molar-refractivity contribution in [2.75, 3.05) is 11.9 Å². The predicted octanol–water partition coefficient (Wildman–Crippen LogP) is 2.25. The second-order valence-corrected chi connectivity index (χ2v) is 5.16. The molecule has 5 nitrogen and oxygen atoms in total. The monoisotopic (exact) mass is 269 g/mol. The van der Waals surface area contributed by atoms with Gasteiger partial charge in [0.15, 0.2) is 0 Å². The van der Waals surface area contributed by atoms with E-state index in [4.69, 9.17) is 0 Å². The Bertz CT molecular complexity index is 678. The van der Waals surface area contributed by atoms with Crippen LogP contribution in [0.15, 0.2) is 12.3 Å². The van der Waals surface area contributed by atoms with Crippen molar-refractivity contribution in [1.29, 1.82) is 5.26 Å². The summed E-state index contributed by atoms with van der Waals surface area (Å²) < 4.78 is 1.80. The number of hydrogen-bond acceptors (Lipinski definition) is 4. The molecule has 104 valence electrons. The summed E-state index contributed by atoms with van der Waals surface area (Å²) in [5, 5.41) is 13.7. The minimum absolute atomic E-state index is 0.639. The lowest BCUT2D eigenvalue weighted by Gasteiger charge is -2.20. The number of nitriles is 1. The van der Waals surface area contributed by atoms with Crippen molar-refractivity contribution in [1.82, 2.24) is 14.8 Å². The van der Waals surface area contributed by atoms with Crippen LogP contribution < -0.4 is 4.90 Å². The molecule has 0 bridgehead atoms. The van der Waals surface area contributed by atoms with E-state index < -0.39 is 0 Å². The minimum Gasteiger partial charge on any atom is -0.354 e. The van der Waals surface area contributed by atoms with E-state index in [0.717, 1.165) is 28.3 Å². The van der Waals surface area contributed by atoms with Crippen LogP contribution >= 0.6 is 0 Å². The fourth-order valence-electron chi connectivity index (χ4n) is 2.37. The number of rotatable bonds is 3. The molecule has 0 saturated heterocycles. The average Bonchev–Trinajstić information content (AvgIpc) is 2.66. The summed E-state index contributed by atoms with van der Waals surface area (Å²) in [6.07, 6.45) is 2.00. The molecule has 2 heterocycles. The molecule has 2 rings (SSSR count). The lowest BCUT2D eigenvalue weighted by atomic mass is 10.1. The van der Waals surface area contributed by atoms with Crippen molar-refractivity contribution >= 4 is 5.82 Å². The standard InChI is InChI=1S/C15H19N5/c1-10-6-11(2)17-15(14(10)7-16)19(4)8-13-9-20(5)18-12(13)3/h6,9H,8H2,1-5H3. The molecule has 2 aromatic heterocycles. The van der Waals surface area contributed by atoms with Crippen molar-refractivity contribution in [2.24, 2.45) is 7.05 Å². The quantitative estimate of drug-likeness (QED) is 0.857. The van der Waals surface area contributed by atoms with Crippen molar-refractivity contribution in [3.63, 3.8) is 0 Å². The second-order valence-electron chi connectivity index (χ2n) is 5.16. The van der Waals surface area contributed by atoms with Gasteiger partial charge in [-0.05, 0) is 32.4 Å². The summed E-state index contributed by atoms with van der Waals surface area (Å²) in [5.41, 5.74) is 4.66. The first-order valence-electron chi connectivity index (χ1n) is 6.51. The van der Waals surface area contributed by atoms with Crippen LogP contribution in [0.4, 0.5) is 5.82 Å². The van der Waals surface area contributed by atoms with E-state index >= 15 is 0 Å². The molecule has 0 unspecified atom stereocenters. The number of anilines is 1. The molecule has 20 heavy (non-hydrogen) atoms. The Morgan fingerprint density at radius 3 is 2.60 bits per heavy atom. The highest BCUT2D eigenvalue weighted by molar-refractivity contribution is 5.58. The minimum atomic E-state index is 0.639. The highest BCUT2D eigenvalue weighted by atomic mass is 15.3. The fraction of sp³-hybridized carbons (Fsp3) is 0.400. The van der Waals surface area contributed by atoms with Crippen molar-refractivity contribution in [3.05, 3.63) is 40.3 Å². The number of aryl methyl sites for hydroxylation is 4. The molecular formula is C15H19N5. The smallest absolute Gasteiger partial charge is 0.147 e. The zero-order valence-electron chi connectivity index (χ0n) is 12.6. The SMILES string of the molecule is Cc1cc(C)c(C#N)c(N(C)Cc2cn(C)nc2C)n1. The van der Waals surface area contributed by atoms with Crippen LogP contribution in [-0.4, -0.2) is 21.8 Å². The summed E-state index contributed by atoms with van der Waals surface area (Å²) in [5.74, 6) is 0.730. The van der Waals surface area contributed by atoms with Gasteiger partial charge in [0.05, 0.1) is 11.3 Å². The van der Waals surface area contributed by atoms with Gasteiger partial charge in [-0.2, -0.15) is 10.4 Å². The molecule has 0 aromatic carbocycles. The highest BCUT2D eigenvalue weighted by Gasteiger charge is 2.14. The van der Waals surface area contributed by atoms with Crippen LogP contribution in [0.5, 0.6) is 0 Å². The van der Waals surface area contributed by atoms with Gasteiger partial charge in [-0.3, -0.25) is 4.68 Å². The molecule has 0 atom stereocenters. The first-order valence-corrected chi connectivity index (χ1v) is 6.51. The van der Waals surface area contributed by atoms with Gasteiger partial charge in [-0.15, -0.1) is 0 Å². The van der Waals surface area contributed by atoms with Gasteiger partial charge in [0.25, 0.3) is 0 Å². The van der Waals surface area contributed by atoms with E-state index in [1.165, 1.54) is 0 Å². The number of nitrogens with zero attached hydrogens (tertiary/aromatic N) is 5. The van der Waals surface area contributed by atoms with Gasteiger partial charge in [0, 0.05) is 38.1 Å². The third kappa shape index (κ3) is 2.64. The van der Waals surface area contributed by atoms with Gasteiger partial charge >= 0.3 is 0 Å². The first kappa shape index (κ1) is 14.1.